The predicted molar refractivity (Wildman–Crippen MR) is 192 cm³/mol. The first-order valence-corrected chi connectivity index (χ1v) is 18.8. The summed E-state index contributed by atoms with van der Waals surface area (Å²) in [6.45, 7) is 13.6. The quantitative estimate of drug-likeness (QED) is 0.234. The van der Waals surface area contributed by atoms with Crippen molar-refractivity contribution in [3.05, 3.63) is 113 Å². The third kappa shape index (κ3) is 8.75. The first-order chi connectivity index (χ1) is 21.4. The summed E-state index contributed by atoms with van der Waals surface area (Å²) < 4.78 is 2.25. The average Bonchev–Trinajstić information content (AvgIpc) is 3.66. The molecular weight excluding hydrogens is 691 g/mol. The second kappa shape index (κ2) is 15.5. The molecule has 0 unspecified atom stereocenters. The van der Waals surface area contributed by atoms with E-state index < -0.39 is 0 Å². The van der Waals surface area contributed by atoms with Gasteiger partial charge in [0.25, 0.3) is 0 Å². The second-order valence-electron chi connectivity index (χ2n) is 16.5. The van der Waals surface area contributed by atoms with Gasteiger partial charge in [-0.05, 0) is 72.5 Å². The summed E-state index contributed by atoms with van der Waals surface area (Å²) >= 11 is 1.51. The van der Waals surface area contributed by atoms with Crippen LogP contribution >= 0.6 is 0 Å². The Bertz CT molecular complexity index is 1600. The van der Waals surface area contributed by atoms with E-state index in [0.717, 1.165) is 30.6 Å². The summed E-state index contributed by atoms with van der Waals surface area (Å²) in [6, 6.07) is 26.7. The Labute approximate surface area is 312 Å². The number of rotatable bonds is 3. The fraction of sp³-hybridized carbons (Fsp3) is 0.455. The molecule has 0 aliphatic heterocycles. The standard InChI is InChI=1S/C21H25.C15H19.C8H8.2ClH.Zr/c1-20(2,3)16-7-9-18-14(12-16)11-15-13-17(21(4,5)6)8-10-19(15)18;1-2-4-14(3-1)15-8-11-5-12(9-15)7-13(6-11)10-15;1-2-8-6-4-3-5-7-8;;;/h7-13H,1-6H3;1,3,11-13H,2,5-10H2;1,3-7H,2H2;2*1H;/q2*-1;;;;+2/p-2. The van der Waals surface area contributed by atoms with Gasteiger partial charge in [0.1, 0.15) is 0 Å². The van der Waals surface area contributed by atoms with Crippen LogP contribution in [0.1, 0.15) is 103 Å². The zero-order valence-corrected chi connectivity index (χ0v) is 33.3. The molecule has 9 rings (SSSR count). The van der Waals surface area contributed by atoms with E-state index >= 15 is 0 Å². The van der Waals surface area contributed by atoms with E-state index in [-0.39, 0.29) is 35.6 Å². The van der Waals surface area contributed by atoms with Crippen molar-refractivity contribution in [3.8, 4) is 0 Å². The molecule has 0 spiro atoms. The summed E-state index contributed by atoms with van der Waals surface area (Å²) in [5.41, 5.74) is 6.82. The van der Waals surface area contributed by atoms with Crippen molar-refractivity contribution < 1.29 is 49.0 Å². The van der Waals surface area contributed by atoms with E-state index in [0.29, 0.717) is 5.41 Å². The molecule has 4 saturated carbocycles. The van der Waals surface area contributed by atoms with Gasteiger partial charge >= 0.3 is 70.3 Å². The molecule has 0 saturated heterocycles. The molecule has 0 atom stereocenters. The first-order valence-electron chi connectivity index (χ1n) is 17.4. The number of allylic oxidation sites excluding steroid dienone is 4. The number of hydrogen-bond acceptors (Lipinski definition) is 0. The Kier molecular flexibility index (Phi) is 12.6. The summed E-state index contributed by atoms with van der Waals surface area (Å²) in [6.07, 6.45) is 19.6. The van der Waals surface area contributed by atoms with Gasteiger partial charge in [0.05, 0.1) is 0 Å². The third-order valence-corrected chi connectivity index (χ3v) is 11.4. The van der Waals surface area contributed by atoms with E-state index in [1.165, 1.54) is 81.7 Å². The van der Waals surface area contributed by atoms with Gasteiger partial charge in [-0.2, -0.15) is 6.08 Å². The van der Waals surface area contributed by atoms with Gasteiger partial charge in [0.2, 0.25) is 0 Å². The summed E-state index contributed by atoms with van der Waals surface area (Å²) in [5, 5.41) is 5.48. The first kappa shape index (κ1) is 38.1. The Balaban J connectivity index is 0.000000168. The monoisotopic (exact) mass is 740 g/mol. The minimum absolute atomic E-state index is 0. The number of hydrogen-bond donors (Lipinski definition) is 0. The van der Waals surface area contributed by atoms with Crippen molar-refractivity contribution in [1.82, 2.24) is 0 Å². The topological polar surface area (TPSA) is 0 Å². The SMILES string of the molecule is CC(C)(C)c1ccc2c(c1)[cH-]c1cc(C(C)(C)C)ccc12.[C-]1=C(C23CC4CC(CC(C4)C2)C3)C=CC1.[Cl-].[Cl-].[Zr+2]=[CH]Cc1ccccc1. The van der Waals surface area contributed by atoms with Gasteiger partial charge in [-0.15, -0.1) is 46.2 Å². The van der Waals surface area contributed by atoms with E-state index in [1.54, 1.807) is 24.8 Å². The second-order valence-corrected chi connectivity index (χ2v) is 17.5. The van der Waals surface area contributed by atoms with Gasteiger partial charge in [-0.25, -0.2) is 11.6 Å². The fourth-order valence-electron chi connectivity index (χ4n) is 8.90. The Morgan fingerprint density at radius 3 is 1.64 bits per heavy atom. The van der Waals surface area contributed by atoms with Crippen LogP contribution in [0.4, 0.5) is 0 Å². The van der Waals surface area contributed by atoms with Crippen molar-refractivity contribution >= 4 is 25.3 Å². The van der Waals surface area contributed by atoms with E-state index in [9.17, 15) is 0 Å². The maximum absolute atomic E-state index is 3.62. The molecule has 4 aromatic rings. The van der Waals surface area contributed by atoms with Gasteiger partial charge in [-0.1, -0.05) is 76.9 Å². The molecule has 0 amide bonds. The number of fused-ring (bicyclic) bond motifs is 3. The molecular formula is C44H52Cl2Zr-2. The fourth-order valence-corrected chi connectivity index (χ4v) is 9.48. The zero-order chi connectivity index (χ0) is 31.8. The minimum atomic E-state index is 0. The van der Waals surface area contributed by atoms with Crippen LogP contribution in [0, 0.1) is 29.2 Å². The van der Waals surface area contributed by atoms with Crippen LogP contribution in [0.2, 0.25) is 0 Å². The molecule has 0 N–H and O–H groups in total. The summed E-state index contributed by atoms with van der Waals surface area (Å²) in [4.78, 5) is 0. The van der Waals surface area contributed by atoms with Crippen LogP contribution in [0.25, 0.3) is 21.5 Å². The molecule has 0 aromatic heterocycles. The van der Waals surface area contributed by atoms with Crippen LogP contribution in [-0.4, -0.2) is 3.71 Å². The van der Waals surface area contributed by atoms with Crippen LogP contribution in [0.3, 0.4) is 0 Å². The Hall–Kier alpha value is -1.66. The molecule has 47 heavy (non-hydrogen) atoms. The molecule has 5 aliphatic rings. The molecule has 4 bridgehead atoms. The van der Waals surface area contributed by atoms with Crippen LogP contribution in [0.5, 0.6) is 0 Å². The maximum atomic E-state index is 3.62. The van der Waals surface area contributed by atoms with E-state index in [2.05, 4.69) is 130 Å². The molecule has 0 radical (unpaired) electrons. The van der Waals surface area contributed by atoms with Crippen LogP contribution in [-0.2, 0) is 41.5 Å². The number of halogens is 2. The number of benzene rings is 3. The van der Waals surface area contributed by atoms with Gasteiger partial charge in [-0.3, -0.25) is 6.08 Å². The Morgan fingerprint density at radius 2 is 1.23 bits per heavy atom. The van der Waals surface area contributed by atoms with Crippen LogP contribution in [0.15, 0.2) is 90.5 Å². The molecule has 0 heterocycles. The van der Waals surface area contributed by atoms with Crippen molar-refractivity contribution in [2.24, 2.45) is 23.2 Å². The molecule has 0 nitrogen and oxygen atoms in total. The normalized spacial score (nSPS) is 24.0. The van der Waals surface area contributed by atoms with Crippen molar-refractivity contribution in [1.29, 1.82) is 0 Å². The van der Waals surface area contributed by atoms with Crippen molar-refractivity contribution in [2.75, 3.05) is 0 Å². The summed E-state index contributed by atoms with van der Waals surface area (Å²) in [5.74, 6) is 3.21. The van der Waals surface area contributed by atoms with Crippen molar-refractivity contribution in [3.63, 3.8) is 0 Å². The van der Waals surface area contributed by atoms with Gasteiger partial charge < -0.3 is 24.8 Å². The van der Waals surface area contributed by atoms with E-state index in [4.69, 9.17) is 0 Å². The third-order valence-electron chi connectivity index (χ3n) is 10.9. The van der Waals surface area contributed by atoms with Crippen LogP contribution < -0.4 is 24.8 Å². The Morgan fingerprint density at radius 1 is 0.745 bits per heavy atom. The molecule has 5 aliphatic carbocycles. The average molecular weight is 743 g/mol. The molecule has 248 valence electrons. The predicted octanol–water partition coefficient (Wildman–Crippen LogP) is 5.79. The summed E-state index contributed by atoms with van der Waals surface area (Å²) in [7, 11) is 0. The van der Waals surface area contributed by atoms with Gasteiger partial charge in [0, 0.05) is 0 Å². The van der Waals surface area contributed by atoms with Crippen molar-refractivity contribution in [2.45, 2.75) is 104 Å². The molecule has 4 aromatic carbocycles. The van der Waals surface area contributed by atoms with Gasteiger partial charge in [0.15, 0.2) is 0 Å². The molecule has 4 fully saturated rings. The molecule has 3 heteroatoms. The van der Waals surface area contributed by atoms with E-state index in [1.807, 2.05) is 6.07 Å². The zero-order valence-electron chi connectivity index (χ0n) is 29.3.